The molecule has 0 heterocycles. The van der Waals surface area contributed by atoms with Gasteiger partial charge in [-0.1, -0.05) is 13.8 Å². The fraction of sp³-hybridized carbons (Fsp3) is 0.955. The van der Waals surface area contributed by atoms with Crippen molar-refractivity contribution in [1.82, 2.24) is 0 Å². The number of ketones is 1. The molecule has 4 rings (SSSR count). The van der Waals surface area contributed by atoms with E-state index in [0.29, 0.717) is 30.0 Å². The van der Waals surface area contributed by atoms with Crippen LogP contribution in [0.5, 0.6) is 0 Å². The molecule has 4 aliphatic carbocycles. The summed E-state index contributed by atoms with van der Waals surface area (Å²) >= 11 is 0. The molecular weight excluding hydrogens is 353 g/mol. The number of fused-ring (bicyclic) bond motifs is 5. The van der Waals surface area contributed by atoms with Crippen LogP contribution in [-0.4, -0.2) is 22.7 Å². The van der Waals surface area contributed by atoms with Crippen molar-refractivity contribution in [2.24, 2.45) is 40.4 Å². The lowest BCUT2D eigenvalue weighted by atomic mass is 9.43. The summed E-state index contributed by atoms with van der Waals surface area (Å²) < 4.78 is 40.2. The lowest BCUT2D eigenvalue weighted by Crippen LogP contribution is -2.59. The lowest BCUT2D eigenvalue weighted by Gasteiger charge is -2.62. The van der Waals surface area contributed by atoms with E-state index in [4.69, 9.17) is 0 Å². The first-order valence-corrected chi connectivity index (χ1v) is 10.7. The SMILES string of the molecule is CC(=O)[C@H]1CC[C@H]2[C@@H]3CCC4C[C@](O)(C(F)(F)F)CC[C@]4(C)[C@H]3CC[C@]12C. The molecule has 1 unspecified atom stereocenters. The van der Waals surface area contributed by atoms with Gasteiger partial charge in [0.25, 0.3) is 0 Å². The zero-order valence-electron chi connectivity index (χ0n) is 16.7. The molecule has 2 nitrogen and oxygen atoms in total. The molecule has 0 aromatic rings. The third-order valence-corrected chi connectivity index (χ3v) is 9.74. The Morgan fingerprint density at radius 1 is 0.926 bits per heavy atom. The molecule has 0 bridgehead atoms. The summed E-state index contributed by atoms with van der Waals surface area (Å²) in [7, 11) is 0. The van der Waals surface area contributed by atoms with E-state index in [0.717, 1.165) is 38.5 Å². The summed E-state index contributed by atoms with van der Waals surface area (Å²) in [6.07, 6.45) is 1.51. The highest BCUT2D eigenvalue weighted by Crippen LogP contribution is 2.68. The Morgan fingerprint density at radius 3 is 2.22 bits per heavy atom. The molecule has 4 aliphatic rings. The fourth-order valence-electron chi connectivity index (χ4n) is 8.17. The van der Waals surface area contributed by atoms with Crippen molar-refractivity contribution in [2.75, 3.05) is 0 Å². The second-order valence-electron chi connectivity index (χ2n) is 10.7. The van der Waals surface area contributed by atoms with Gasteiger partial charge in [-0.15, -0.1) is 0 Å². The van der Waals surface area contributed by atoms with Gasteiger partial charge < -0.3 is 5.11 Å². The molecule has 4 saturated carbocycles. The predicted octanol–water partition coefficient (Wildman–Crippen LogP) is 5.53. The van der Waals surface area contributed by atoms with Crippen LogP contribution in [0.1, 0.15) is 78.6 Å². The second-order valence-corrected chi connectivity index (χ2v) is 10.7. The van der Waals surface area contributed by atoms with Crippen LogP contribution in [0.3, 0.4) is 0 Å². The Balaban J connectivity index is 1.59. The molecule has 0 spiro atoms. The molecule has 4 fully saturated rings. The van der Waals surface area contributed by atoms with E-state index < -0.39 is 11.8 Å². The minimum Gasteiger partial charge on any atom is -0.380 e. The fourth-order valence-corrected chi connectivity index (χ4v) is 8.17. The maximum atomic E-state index is 13.4. The highest BCUT2D eigenvalue weighted by molar-refractivity contribution is 5.79. The van der Waals surface area contributed by atoms with E-state index >= 15 is 0 Å². The number of halogens is 3. The number of aliphatic hydroxyl groups is 1. The van der Waals surface area contributed by atoms with Gasteiger partial charge in [-0.2, -0.15) is 13.2 Å². The van der Waals surface area contributed by atoms with E-state index in [2.05, 4.69) is 13.8 Å². The van der Waals surface area contributed by atoms with Gasteiger partial charge in [0.05, 0.1) is 0 Å². The largest absolute Gasteiger partial charge is 0.417 e. The molecule has 8 atom stereocenters. The van der Waals surface area contributed by atoms with Crippen molar-refractivity contribution in [3.05, 3.63) is 0 Å². The molecule has 0 aromatic heterocycles. The zero-order valence-corrected chi connectivity index (χ0v) is 16.7. The molecule has 0 aromatic carbocycles. The first kappa shape index (κ1) is 19.7. The van der Waals surface area contributed by atoms with Crippen LogP contribution in [0.25, 0.3) is 0 Å². The van der Waals surface area contributed by atoms with E-state index in [1.54, 1.807) is 6.92 Å². The van der Waals surface area contributed by atoms with Gasteiger partial charge in [-0.05, 0) is 99.2 Å². The summed E-state index contributed by atoms with van der Waals surface area (Å²) in [5, 5.41) is 10.3. The van der Waals surface area contributed by atoms with Gasteiger partial charge in [-0.3, -0.25) is 4.79 Å². The van der Waals surface area contributed by atoms with E-state index in [9.17, 15) is 23.1 Å². The molecule has 0 saturated heterocycles. The molecule has 27 heavy (non-hydrogen) atoms. The van der Waals surface area contributed by atoms with Gasteiger partial charge in [-0.25, -0.2) is 0 Å². The number of rotatable bonds is 1. The zero-order chi connectivity index (χ0) is 19.8. The molecule has 1 N–H and O–H groups in total. The molecule has 0 radical (unpaired) electrons. The van der Waals surface area contributed by atoms with Crippen LogP contribution >= 0.6 is 0 Å². The molecule has 0 amide bonds. The number of carbonyl (C=O) groups excluding carboxylic acids is 1. The first-order valence-electron chi connectivity index (χ1n) is 10.7. The lowest BCUT2D eigenvalue weighted by molar-refractivity contribution is -0.290. The van der Waals surface area contributed by atoms with Crippen molar-refractivity contribution in [2.45, 2.75) is 90.3 Å². The summed E-state index contributed by atoms with van der Waals surface area (Å²) in [5.41, 5.74) is -2.52. The molecular formula is C22H33F3O2. The summed E-state index contributed by atoms with van der Waals surface area (Å²) in [4.78, 5) is 12.2. The third kappa shape index (κ3) is 2.66. The van der Waals surface area contributed by atoms with E-state index in [-0.39, 0.29) is 35.5 Å². The van der Waals surface area contributed by atoms with Crippen molar-refractivity contribution in [1.29, 1.82) is 0 Å². The summed E-state index contributed by atoms with van der Waals surface area (Å²) in [6.45, 7) is 6.22. The number of hydrogen-bond acceptors (Lipinski definition) is 2. The van der Waals surface area contributed by atoms with Crippen LogP contribution in [0.15, 0.2) is 0 Å². The minimum atomic E-state index is -4.53. The van der Waals surface area contributed by atoms with Crippen LogP contribution in [0.4, 0.5) is 13.2 Å². The summed E-state index contributed by atoms with van der Waals surface area (Å²) in [6, 6.07) is 0. The number of alkyl halides is 3. The Bertz CT molecular complexity index is 632. The smallest absolute Gasteiger partial charge is 0.380 e. The van der Waals surface area contributed by atoms with Crippen LogP contribution in [0.2, 0.25) is 0 Å². The van der Waals surface area contributed by atoms with Gasteiger partial charge in [0.1, 0.15) is 5.78 Å². The molecule has 5 heteroatoms. The highest BCUT2D eigenvalue weighted by Gasteiger charge is 2.65. The van der Waals surface area contributed by atoms with Crippen LogP contribution in [0, 0.1) is 40.4 Å². The normalized spacial score (nSPS) is 52.6. The topological polar surface area (TPSA) is 37.3 Å². The second kappa shape index (κ2) is 5.96. The summed E-state index contributed by atoms with van der Waals surface area (Å²) in [5.74, 6) is 1.94. The average Bonchev–Trinajstić information content (AvgIpc) is 2.92. The van der Waals surface area contributed by atoms with Gasteiger partial charge >= 0.3 is 6.18 Å². The maximum Gasteiger partial charge on any atom is 0.417 e. The Labute approximate surface area is 160 Å². The predicted molar refractivity (Wildman–Crippen MR) is 96.9 cm³/mol. The minimum absolute atomic E-state index is 0.0477. The van der Waals surface area contributed by atoms with Crippen molar-refractivity contribution in [3.8, 4) is 0 Å². The number of carbonyl (C=O) groups is 1. The van der Waals surface area contributed by atoms with E-state index in [1.807, 2.05) is 0 Å². The molecule has 0 aliphatic heterocycles. The Morgan fingerprint density at radius 2 is 1.59 bits per heavy atom. The van der Waals surface area contributed by atoms with Crippen molar-refractivity contribution >= 4 is 5.78 Å². The average molecular weight is 386 g/mol. The van der Waals surface area contributed by atoms with Crippen LogP contribution in [-0.2, 0) is 4.79 Å². The monoisotopic (exact) mass is 386 g/mol. The number of Topliss-reactive ketones (excluding diaryl/α,β-unsaturated/α-hetero) is 1. The quantitative estimate of drug-likeness (QED) is 0.643. The Hall–Kier alpha value is -0.580. The van der Waals surface area contributed by atoms with Crippen molar-refractivity contribution < 1.29 is 23.1 Å². The van der Waals surface area contributed by atoms with Gasteiger partial charge in [0.2, 0.25) is 0 Å². The van der Waals surface area contributed by atoms with Gasteiger partial charge in [0, 0.05) is 5.92 Å². The highest BCUT2D eigenvalue weighted by atomic mass is 19.4. The third-order valence-electron chi connectivity index (χ3n) is 9.74. The van der Waals surface area contributed by atoms with Crippen LogP contribution < -0.4 is 0 Å². The van der Waals surface area contributed by atoms with Crippen molar-refractivity contribution in [3.63, 3.8) is 0 Å². The standard InChI is InChI=1S/C22H33F3O2/c1-13(26)16-6-7-17-15-5-4-14-12-21(27,22(23,24)25)11-10-19(14,2)18(15)8-9-20(16,17)3/h14-18,27H,4-12H2,1-3H3/t14?,15-,16+,17-,18-,19-,20+,21-/m0/s1. The Kier molecular flexibility index (Phi) is 4.36. The first-order chi connectivity index (χ1) is 12.4. The van der Waals surface area contributed by atoms with E-state index in [1.165, 1.54) is 0 Å². The molecule has 154 valence electrons. The number of hydrogen-bond donors (Lipinski definition) is 1. The maximum absolute atomic E-state index is 13.4. The van der Waals surface area contributed by atoms with Gasteiger partial charge in [0.15, 0.2) is 5.60 Å².